The highest BCUT2D eigenvalue weighted by Crippen LogP contribution is 2.17. The summed E-state index contributed by atoms with van der Waals surface area (Å²) in [4.78, 5) is 8.47. The smallest absolute Gasteiger partial charge is 0.128 e. The quantitative estimate of drug-likeness (QED) is 0.785. The van der Waals surface area contributed by atoms with E-state index in [2.05, 4.69) is 15.3 Å². The molecule has 76 valence electrons. The molecule has 0 aromatic carbocycles. The maximum atomic E-state index is 4.24. The summed E-state index contributed by atoms with van der Waals surface area (Å²) < 4.78 is 0. The molecule has 1 aliphatic heterocycles. The highest BCUT2D eigenvalue weighted by atomic mass is 14.9. The highest BCUT2D eigenvalue weighted by Gasteiger charge is 2.12. The van der Waals surface area contributed by atoms with E-state index in [9.17, 15) is 0 Å². The zero-order valence-corrected chi connectivity index (χ0v) is 8.45. The Kier molecular flexibility index (Phi) is 3.46. The Hall–Kier alpha value is -0.960. The van der Waals surface area contributed by atoms with Crippen molar-refractivity contribution in [3.8, 4) is 0 Å². The van der Waals surface area contributed by atoms with Gasteiger partial charge in [-0.2, -0.15) is 0 Å². The molecule has 1 aliphatic rings. The molecule has 0 saturated carbocycles. The van der Waals surface area contributed by atoms with Crippen molar-refractivity contribution in [1.82, 2.24) is 15.3 Å². The summed E-state index contributed by atoms with van der Waals surface area (Å²) in [5, 5.41) is 3.38. The summed E-state index contributed by atoms with van der Waals surface area (Å²) in [7, 11) is 0. The Balaban J connectivity index is 1.76. The Labute approximate surface area is 85.0 Å². The van der Waals surface area contributed by atoms with E-state index in [1.165, 1.54) is 32.4 Å². The van der Waals surface area contributed by atoms with Crippen molar-refractivity contribution in [3.63, 3.8) is 0 Å². The van der Waals surface area contributed by atoms with Crippen LogP contribution in [0.5, 0.6) is 0 Å². The van der Waals surface area contributed by atoms with Crippen LogP contribution in [0.2, 0.25) is 0 Å². The number of hydrogen-bond acceptors (Lipinski definition) is 3. The van der Waals surface area contributed by atoms with Crippen LogP contribution < -0.4 is 5.32 Å². The van der Waals surface area contributed by atoms with Gasteiger partial charge in [0.15, 0.2) is 0 Å². The van der Waals surface area contributed by atoms with Gasteiger partial charge in [0, 0.05) is 18.8 Å². The van der Waals surface area contributed by atoms with Gasteiger partial charge in [0.05, 0.1) is 0 Å². The van der Waals surface area contributed by atoms with Gasteiger partial charge in [0.25, 0.3) is 0 Å². The molecule has 1 aromatic heterocycles. The van der Waals surface area contributed by atoms with E-state index in [1.807, 2.05) is 18.5 Å². The first kappa shape index (κ1) is 9.59. The van der Waals surface area contributed by atoms with E-state index in [-0.39, 0.29) is 0 Å². The molecule has 14 heavy (non-hydrogen) atoms. The van der Waals surface area contributed by atoms with Gasteiger partial charge in [0.1, 0.15) is 5.82 Å². The van der Waals surface area contributed by atoms with Crippen molar-refractivity contribution in [2.24, 2.45) is 5.92 Å². The number of rotatable bonds is 3. The van der Waals surface area contributed by atoms with Crippen molar-refractivity contribution in [3.05, 3.63) is 24.3 Å². The van der Waals surface area contributed by atoms with Crippen molar-refractivity contribution in [2.75, 3.05) is 13.1 Å². The Bertz CT molecular complexity index is 254. The maximum absolute atomic E-state index is 4.24. The third-order valence-corrected chi connectivity index (χ3v) is 2.85. The summed E-state index contributed by atoms with van der Waals surface area (Å²) in [6, 6.07) is 1.87. The molecule has 2 heterocycles. The lowest BCUT2D eigenvalue weighted by atomic mass is 9.93. The monoisotopic (exact) mass is 191 g/mol. The van der Waals surface area contributed by atoms with E-state index in [0.717, 1.165) is 18.2 Å². The Morgan fingerprint density at radius 2 is 1.93 bits per heavy atom. The minimum atomic E-state index is 0.875. The topological polar surface area (TPSA) is 37.8 Å². The van der Waals surface area contributed by atoms with Crippen LogP contribution in [0, 0.1) is 5.92 Å². The number of aryl methyl sites for hydroxylation is 1. The second-order valence-corrected chi connectivity index (χ2v) is 3.90. The molecule has 1 saturated heterocycles. The minimum Gasteiger partial charge on any atom is -0.317 e. The van der Waals surface area contributed by atoms with Crippen LogP contribution in [0.25, 0.3) is 0 Å². The lowest BCUT2D eigenvalue weighted by Gasteiger charge is -2.21. The fourth-order valence-corrected chi connectivity index (χ4v) is 1.96. The standard InChI is InChI=1S/C11H17N3/c1-6-13-11(14-7-1)3-2-10-4-8-12-9-5-10/h1,6-7,10,12H,2-5,8-9H2. The Morgan fingerprint density at radius 1 is 1.21 bits per heavy atom. The summed E-state index contributed by atoms with van der Waals surface area (Å²) in [5.41, 5.74) is 0. The van der Waals surface area contributed by atoms with Crippen molar-refractivity contribution < 1.29 is 0 Å². The molecule has 2 rings (SSSR count). The summed E-state index contributed by atoms with van der Waals surface area (Å²) >= 11 is 0. The fraction of sp³-hybridized carbons (Fsp3) is 0.636. The highest BCUT2D eigenvalue weighted by molar-refractivity contribution is 4.89. The van der Waals surface area contributed by atoms with Gasteiger partial charge in [-0.15, -0.1) is 0 Å². The van der Waals surface area contributed by atoms with Crippen molar-refractivity contribution in [1.29, 1.82) is 0 Å². The molecule has 0 aliphatic carbocycles. The maximum Gasteiger partial charge on any atom is 0.128 e. The Morgan fingerprint density at radius 3 is 2.64 bits per heavy atom. The lowest BCUT2D eigenvalue weighted by Crippen LogP contribution is -2.28. The third kappa shape index (κ3) is 2.77. The first-order valence-corrected chi connectivity index (χ1v) is 5.42. The van der Waals surface area contributed by atoms with E-state index in [1.54, 1.807) is 0 Å². The molecule has 1 fully saturated rings. The number of nitrogens with zero attached hydrogens (tertiary/aromatic N) is 2. The molecule has 0 radical (unpaired) electrons. The number of aromatic nitrogens is 2. The van der Waals surface area contributed by atoms with E-state index >= 15 is 0 Å². The lowest BCUT2D eigenvalue weighted by molar-refractivity contribution is 0.352. The van der Waals surface area contributed by atoms with Crippen molar-refractivity contribution >= 4 is 0 Å². The molecule has 3 heteroatoms. The van der Waals surface area contributed by atoms with E-state index < -0.39 is 0 Å². The summed E-state index contributed by atoms with van der Waals surface area (Å²) in [5.74, 6) is 1.87. The molecule has 0 unspecified atom stereocenters. The molecule has 1 N–H and O–H groups in total. The number of hydrogen-bond donors (Lipinski definition) is 1. The third-order valence-electron chi connectivity index (χ3n) is 2.85. The van der Waals surface area contributed by atoms with Crippen LogP contribution in [0.3, 0.4) is 0 Å². The van der Waals surface area contributed by atoms with Gasteiger partial charge in [0.2, 0.25) is 0 Å². The largest absolute Gasteiger partial charge is 0.317 e. The van der Waals surface area contributed by atoms with E-state index in [0.29, 0.717) is 0 Å². The summed E-state index contributed by atoms with van der Waals surface area (Å²) in [6.07, 6.45) is 8.55. The van der Waals surface area contributed by atoms with Crippen LogP contribution in [-0.4, -0.2) is 23.1 Å². The molecule has 0 atom stereocenters. The summed E-state index contributed by atoms with van der Waals surface area (Å²) in [6.45, 7) is 2.36. The molecular formula is C11H17N3. The van der Waals surface area contributed by atoms with Gasteiger partial charge in [-0.1, -0.05) is 0 Å². The first-order valence-electron chi connectivity index (χ1n) is 5.42. The van der Waals surface area contributed by atoms with Gasteiger partial charge in [-0.25, -0.2) is 9.97 Å². The van der Waals surface area contributed by atoms with Crippen LogP contribution in [0.15, 0.2) is 18.5 Å². The minimum absolute atomic E-state index is 0.875. The molecule has 0 spiro atoms. The normalized spacial score (nSPS) is 18.3. The zero-order valence-electron chi connectivity index (χ0n) is 8.45. The van der Waals surface area contributed by atoms with Crippen LogP contribution in [0.1, 0.15) is 25.1 Å². The van der Waals surface area contributed by atoms with Gasteiger partial charge >= 0.3 is 0 Å². The predicted octanol–water partition coefficient (Wildman–Crippen LogP) is 1.41. The molecular weight excluding hydrogens is 174 g/mol. The fourth-order valence-electron chi connectivity index (χ4n) is 1.96. The molecule has 0 bridgehead atoms. The van der Waals surface area contributed by atoms with E-state index in [4.69, 9.17) is 0 Å². The second-order valence-electron chi connectivity index (χ2n) is 3.90. The molecule has 1 aromatic rings. The number of piperidine rings is 1. The zero-order chi connectivity index (χ0) is 9.64. The van der Waals surface area contributed by atoms with Crippen LogP contribution in [-0.2, 0) is 6.42 Å². The van der Waals surface area contributed by atoms with Crippen LogP contribution in [0.4, 0.5) is 0 Å². The van der Waals surface area contributed by atoms with Gasteiger partial charge < -0.3 is 5.32 Å². The predicted molar refractivity (Wildman–Crippen MR) is 55.9 cm³/mol. The first-order chi connectivity index (χ1) is 6.95. The average molecular weight is 191 g/mol. The van der Waals surface area contributed by atoms with Gasteiger partial charge in [-0.3, -0.25) is 0 Å². The average Bonchev–Trinajstić information content (AvgIpc) is 2.29. The van der Waals surface area contributed by atoms with Gasteiger partial charge in [-0.05, 0) is 44.3 Å². The van der Waals surface area contributed by atoms with Crippen molar-refractivity contribution in [2.45, 2.75) is 25.7 Å². The second kappa shape index (κ2) is 5.05. The van der Waals surface area contributed by atoms with Crippen LogP contribution >= 0.6 is 0 Å². The molecule has 0 amide bonds. The molecule has 3 nitrogen and oxygen atoms in total. The number of nitrogens with one attached hydrogen (secondary N) is 1. The SMILES string of the molecule is c1cnc(CCC2CCNCC2)nc1.